The van der Waals surface area contributed by atoms with Crippen LogP contribution in [-0.4, -0.2) is 26.8 Å². The molecule has 6 heteroatoms. The predicted molar refractivity (Wildman–Crippen MR) is 81.3 cm³/mol. The molecule has 6 nitrogen and oxygen atoms in total. The molecule has 118 valence electrons. The molecule has 1 amide bonds. The van der Waals surface area contributed by atoms with Crippen LogP contribution in [0.5, 0.6) is 0 Å². The molecule has 0 saturated heterocycles. The summed E-state index contributed by atoms with van der Waals surface area (Å²) in [7, 11) is 0. The molecule has 1 aromatic carbocycles. The number of rotatable bonds is 6. The Kier molecular flexibility index (Phi) is 4.92. The fraction of sp³-hybridized carbons (Fsp3) is 0.438. The highest BCUT2D eigenvalue weighted by molar-refractivity contribution is 5.94. The van der Waals surface area contributed by atoms with Crippen LogP contribution in [0.25, 0.3) is 0 Å². The maximum absolute atomic E-state index is 12.0. The lowest BCUT2D eigenvalue weighted by molar-refractivity contribution is 0.0713. The monoisotopic (exact) mass is 303 g/mol. The van der Waals surface area contributed by atoms with Gasteiger partial charge >= 0.3 is 0 Å². The summed E-state index contributed by atoms with van der Waals surface area (Å²) in [4.78, 5) is 12.0. The highest BCUT2D eigenvalue weighted by atomic mass is 16.4. The first-order valence-electron chi connectivity index (χ1n) is 7.22. The smallest absolute Gasteiger partial charge is 0.251 e. The second kappa shape index (κ2) is 6.70. The molecule has 0 unspecified atom stereocenters. The Morgan fingerprint density at radius 1 is 1.27 bits per heavy atom. The van der Waals surface area contributed by atoms with Crippen molar-refractivity contribution in [2.45, 2.75) is 45.8 Å². The second-order valence-corrected chi connectivity index (χ2v) is 5.91. The number of nitrogens with zero attached hydrogens (tertiary/aromatic N) is 2. The van der Waals surface area contributed by atoms with E-state index < -0.39 is 5.60 Å². The molecular formula is C16H21N3O3. The van der Waals surface area contributed by atoms with Crippen LogP contribution in [0.2, 0.25) is 0 Å². The minimum Gasteiger partial charge on any atom is -0.424 e. The van der Waals surface area contributed by atoms with Crippen molar-refractivity contribution in [1.29, 1.82) is 0 Å². The van der Waals surface area contributed by atoms with Gasteiger partial charge in [0.2, 0.25) is 11.8 Å². The van der Waals surface area contributed by atoms with E-state index in [4.69, 9.17) is 4.42 Å². The Labute approximate surface area is 129 Å². The lowest BCUT2D eigenvalue weighted by Crippen LogP contribution is -2.23. The van der Waals surface area contributed by atoms with Gasteiger partial charge in [0.05, 0.1) is 12.1 Å². The van der Waals surface area contributed by atoms with Gasteiger partial charge in [-0.05, 0) is 44.4 Å². The summed E-state index contributed by atoms with van der Waals surface area (Å²) < 4.78 is 5.19. The topological polar surface area (TPSA) is 88.2 Å². The number of hydrogen-bond donors (Lipinski definition) is 2. The van der Waals surface area contributed by atoms with Gasteiger partial charge in [0.25, 0.3) is 5.91 Å². The fourth-order valence-corrected chi connectivity index (χ4v) is 1.94. The highest BCUT2D eigenvalue weighted by Gasteiger charge is 2.12. The van der Waals surface area contributed by atoms with Gasteiger partial charge in [0.1, 0.15) is 0 Å². The Morgan fingerprint density at radius 2 is 1.95 bits per heavy atom. The van der Waals surface area contributed by atoms with Crippen LogP contribution >= 0.6 is 0 Å². The van der Waals surface area contributed by atoms with E-state index in [1.807, 2.05) is 12.1 Å². The number of carbonyl (C=O) groups excluding carboxylic acids is 1. The van der Waals surface area contributed by atoms with Gasteiger partial charge in [-0.25, -0.2) is 0 Å². The molecule has 0 spiro atoms. The van der Waals surface area contributed by atoms with Gasteiger partial charge in [0, 0.05) is 12.5 Å². The summed E-state index contributed by atoms with van der Waals surface area (Å²) in [5, 5.41) is 20.0. The summed E-state index contributed by atoms with van der Waals surface area (Å²) >= 11 is 0. The van der Waals surface area contributed by atoms with Crippen molar-refractivity contribution in [3.63, 3.8) is 0 Å². The maximum atomic E-state index is 12.0. The molecule has 1 aromatic heterocycles. The average molecular weight is 303 g/mol. The molecule has 0 saturated carbocycles. The van der Waals surface area contributed by atoms with E-state index in [2.05, 4.69) is 15.5 Å². The normalized spacial score (nSPS) is 11.5. The van der Waals surface area contributed by atoms with Crippen molar-refractivity contribution in [2.24, 2.45) is 0 Å². The number of amides is 1. The molecule has 2 aromatic rings. The number of hydrogen-bond acceptors (Lipinski definition) is 5. The SMILES string of the molecule is Cc1nnc(CNC(=O)c2ccc(CCC(C)(C)O)cc2)o1. The Balaban J connectivity index is 1.88. The third-order valence-electron chi connectivity index (χ3n) is 3.21. The zero-order valence-corrected chi connectivity index (χ0v) is 13.1. The Hall–Kier alpha value is -2.21. The van der Waals surface area contributed by atoms with Gasteiger partial charge in [0.15, 0.2) is 0 Å². The first-order valence-corrected chi connectivity index (χ1v) is 7.22. The summed E-state index contributed by atoms with van der Waals surface area (Å²) in [5.74, 6) is 0.665. The van der Waals surface area contributed by atoms with Crippen LogP contribution in [0.15, 0.2) is 28.7 Å². The van der Waals surface area contributed by atoms with Crippen molar-refractivity contribution in [1.82, 2.24) is 15.5 Å². The first kappa shape index (κ1) is 16.2. The number of nitrogens with one attached hydrogen (secondary N) is 1. The number of carbonyl (C=O) groups is 1. The summed E-state index contributed by atoms with van der Waals surface area (Å²) in [6.07, 6.45) is 1.45. The van der Waals surface area contributed by atoms with Crippen LogP contribution in [0.1, 0.15) is 48.0 Å². The summed E-state index contributed by atoms with van der Waals surface area (Å²) in [6, 6.07) is 7.34. The lowest BCUT2D eigenvalue weighted by Gasteiger charge is -2.16. The van der Waals surface area contributed by atoms with Crippen LogP contribution in [-0.2, 0) is 13.0 Å². The molecule has 0 fully saturated rings. The van der Waals surface area contributed by atoms with E-state index in [1.165, 1.54) is 0 Å². The largest absolute Gasteiger partial charge is 0.424 e. The van der Waals surface area contributed by atoms with Crippen molar-refractivity contribution in [2.75, 3.05) is 0 Å². The number of aromatic nitrogens is 2. The summed E-state index contributed by atoms with van der Waals surface area (Å²) in [5.41, 5.74) is 0.979. The minimum atomic E-state index is -0.682. The van der Waals surface area contributed by atoms with Crippen LogP contribution in [0.4, 0.5) is 0 Å². The molecule has 0 atom stereocenters. The quantitative estimate of drug-likeness (QED) is 0.852. The molecule has 0 aliphatic rings. The lowest BCUT2D eigenvalue weighted by atomic mass is 9.98. The van der Waals surface area contributed by atoms with Gasteiger partial charge < -0.3 is 14.8 Å². The predicted octanol–water partition coefficient (Wildman–Crippen LogP) is 2.01. The average Bonchev–Trinajstić information content (AvgIpc) is 2.88. The number of aryl methyl sites for hydroxylation is 2. The van der Waals surface area contributed by atoms with Gasteiger partial charge in [-0.3, -0.25) is 4.79 Å². The van der Waals surface area contributed by atoms with Crippen LogP contribution in [0.3, 0.4) is 0 Å². The molecular weight excluding hydrogens is 282 g/mol. The Morgan fingerprint density at radius 3 is 2.50 bits per heavy atom. The third-order valence-corrected chi connectivity index (χ3v) is 3.21. The highest BCUT2D eigenvalue weighted by Crippen LogP contribution is 2.14. The van der Waals surface area contributed by atoms with Gasteiger partial charge in [-0.15, -0.1) is 10.2 Å². The molecule has 2 N–H and O–H groups in total. The fourth-order valence-electron chi connectivity index (χ4n) is 1.94. The van der Waals surface area contributed by atoms with E-state index in [-0.39, 0.29) is 12.5 Å². The van der Waals surface area contributed by atoms with Gasteiger partial charge in [-0.2, -0.15) is 0 Å². The van der Waals surface area contributed by atoms with E-state index in [0.29, 0.717) is 23.8 Å². The molecule has 0 aliphatic heterocycles. The zero-order chi connectivity index (χ0) is 16.2. The second-order valence-electron chi connectivity index (χ2n) is 5.91. The zero-order valence-electron chi connectivity index (χ0n) is 13.1. The molecule has 1 heterocycles. The van der Waals surface area contributed by atoms with Crippen molar-refractivity contribution in [3.05, 3.63) is 47.2 Å². The van der Waals surface area contributed by atoms with E-state index in [1.54, 1.807) is 32.9 Å². The van der Waals surface area contributed by atoms with E-state index in [9.17, 15) is 9.90 Å². The first-order chi connectivity index (χ1) is 10.3. The standard InChI is InChI=1S/C16H21N3O3/c1-11-18-19-14(22-11)10-17-15(20)13-6-4-12(5-7-13)8-9-16(2,3)21/h4-7,21H,8-10H2,1-3H3,(H,17,20). The maximum Gasteiger partial charge on any atom is 0.251 e. The van der Waals surface area contributed by atoms with Crippen molar-refractivity contribution < 1.29 is 14.3 Å². The van der Waals surface area contributed by atoms with Crippen molar-refractivity contribution in [3.8, 4) is 0 Å². The van der Waals surface area contributed by atoms with Crippen molar-refractivity contribution >= 4 is 5.91 Å². The third kappa shape index (κ3) is 4.96. The van der Waals surface area contributed by atoms with E-state index in [0.717, 1.165) is 12.0 Å². The molecule has 0 bridgehead atoms. The Bertz CT molecular complexity index is 627. The van der Waals surface area contributed by atoms with Gasteiger partial charge in [-0.1, -0.05) is 12.1 Å². The van der Waals surface area contributed by atoms with E-state index >= 15 is 0 Å². The summed E-state index contributed by atoms with van der Waals surface area (Å²) in [6.45, 7) is 5.48. The minimum absolute atomic E-state index is 0.190. The molecule has 0 radical (unpaired) electrons. The van der Waals surface area contributed by atoms with Crippen LogP contribution in [0, 0.1) is 6.92 Å². The number of benzene rings is 1. The molecule has 22 heavy (non-hydrogen) atoms. The number of aliphatic hydroxyl groups is 1. The molecule has 0 aliphatic carbocycles. The molecule has 2 rings (SSSR count). The van der Waals surface area contributed by atoms with Crippen LogP contribution < -0.4 is 5.32 Å².